The van der Waals surface area contributed by atoms with E-state index >= 15 is 0 Å². The minimum absolute atomic E-state index is 0.116. The van der Waals surface area contributed by atoms with Crippen molar-refractivity contribution >= 4 is 40.9 Å². The lowest BCUT2D eigenvalue weighted by molar-refractivity contribution is 0.0598. The quantitative estimate of drug-likeness (QED) is 0.308. The van der Waals surface area contributed by atoms with Crippen LogP contribution in [0.2, 0.25) is 0 Å². The average Bonchev–Trinajstić information content (AvgIpc) is 2.84. The van der Waals surface area contributed by atoms with E-state index in [1.165, 1.54) is 23.1 Å². The molecule has 2 amide bonds. The van der Waals surface area contributed by atoms with Crippen LogP contribution in [-0.4, -0.2) is 33.9 Å². The molecule has 0 radical (unpaired) electrons. The van der Waals surface area contributed by atoms with E-state index in [2.05, 4.69) is 5.32 Å². The fourth-order valence-electron chi connectivity index (χ4n) is 4.38. The lowest BCUT2D eigenvalue weighted by Crippen LogP contribution is -2.39. The molecule has 168 valence electrons. The van der Waals surface area contributed by atoms with Gasteiger partial charge in [0.15, 0.2) is 0 Å². The second kappa shape index (κ2) is 8.74. The molecule has 34 heavy (non-hydrogen) atoms. The van der Waals surface area contributed by atoms with E-state index in [1.54, 1.807) is 24.3 Å². The van der Waals surface area contributed by atoms with Crippen molar-refractivity contribution in [2.45, 2.75) is 13.1 Å². The van der Waals surface area contributed by atoms with Crippen molar-refractivity contribution in [2.75, 3.05) is 5.32 Å². The number of benzene rings is 4. The number of rotatable bonds is 6. The van der Waals surface area contributed by atoms with Gasteiger partial charge in [-0.2, -0.15) is 0 Å². The van der Waals surface area contributed by atoms with Gasteiger partial charge in [-0.15, -0.1) is 0 Å². The molecular formula is C26H20BFN2O4. The Balaban J connectivity index is 1.50. The first kappa shape index (κ1) is 21.8. The number of hydrogen-bond donors (Lipinski definition) is 3. The summed E-state index contributed by atoms with van der Waals surface area (Å²) in [6, 6.07) is 21.8. The minimum atomic E-state index is -1.74. The Morgan fingerprint density at radius 3 is 2.32 bits per heavy atom. The summed E-state index contributed by atoms with van der Waals surface area (Å²) in [5, 5.41) is 23.6. The molecule has 0 spiro atoms. The Morgan fingerprint density at radius 1 is 0.853 bits per heavy atom. The standard InChI is InChI=1S/C26H20BFN2O4/c28-18-9-11-22(27(33)34)17(13-18)14-29-23-12-10-21-24-19(23)7-4-8-20(24)25(31)30(26(21)32)15-16-5-2-1-3-6-16/h1-13,29,33-34H,14-15H2. The van der Waals surface area contributed by atoms with E-state index in [-0.39, 0.29) is 30.4 Å². The summed E-state index contributed by atoms with van der Waals surface area (Å²) in [7, 11) is -1.74. The third kappa shape index (κ3) is 3.83. The normalized spacial score (nSPS) is 12.9. The lowest BCUT2D eigenvalue weighted by Gasteiger charge is -2.28. The molecule has 0 bridgehead atoms. The molecule has 8 heteroatoms. The second-order valence-electron chi connectivity index (χ2n) is 8.14. The first-order valence-electron chi connectivity index (χ1n) is 10.8. The molecule has 0 aliphatic carbocycles. The maximum absolute atomic E-state index is 13.8. The van der Waals surface area contributed by atoms with Gasteiger partial charge in [0.25, 0.3) is 11.8 Å². The zero-order chi connectivity index (χ0) is 23.8. The highest BCUT2D eigenvalue weighted by atomic mass is 19.1. The Bertz CT molecular complexity index is 1400. The number of amides is 2. The highest BCUT2D eigenvalue weighted by molar-refractivity contribution is 6.59. The number of nitrogens with one attached hydrogen (secondary N) is 1. The fraction of sp³-hybridized carbons (Fsp3) is 0.0769. The van der Waals surface area contributed by atoms with Gasteiger partial charge in [-0.25, -0.2) is 4.39 Å². The molecule has 3 N–H and O–H groups in total. The smallest absolute Gasteiger partial charge is 0.423 e. The summed E-state index contributed by atoms with van der Waals surface area (Å²) < 4.78 is 13.8. The van der Waals surface area contributed by atoms with Crippen LogP contribution in [0, 0.1) is 5.82 Å². The topological polar surface area (TPSA) is 89.9 Å². The van der Waals surface area contributed by atoms with Crippen LogP contribution in [0.1, 0.15) is 31.8 Å². The summed E-state index contributed by atoms with van der Waals surface area (Å²) >= 11 is 0. The van der Waals surface area contributed by atoms with Crippen molar-refractivity contribution in [3.63, 3.8) is 0 Å². The van der Waals surface area contributed by atoms with Crippen molar-refractivity contribution in [3.8, 4) is 0 Å². The monoisotopic (exact) mass is 454 g/mol. The molecule has 0 saturated heterocycles. The van der Waals surface area contributed by atoms with Crippen LogP contribution in [0.15, 0.2) is 78.9 Å². The summed E-state index contributed by atoms with van der Waals surface area (Å²) in [6.45, 7) is 0.297. The van der Waals surface area contributed by atoms with Gasteiger partial charge in [-0.05, 0) is 46.9 Å². The molecule has 0 atom stereocenters. The highest BCUT2D eigenvalue weighted by Crippen LogP contribution is 2.35. The van der Waals surface area contributed by atoms with Crippen LogP contribution in [0.3, 0.4) is 0 Å². The van der Waals surface area contributed by atoms with Crippen molar-refractivity contribution in [1.29, 1.82) is 0 Å². The van der Waals surface area contributed by atoms with Gasteiger partial charge in [0.05, 0.1) is 6.54 Å². The molecule has 0 saturated carbocycles. The van der Waals surface area contributed by atoms with Crippen LogP contribution in [0.25, 0.3) is 10.8 Å². The van der Waals surface area contributed by atoms with Crippen LogP contribution in [-0.2, 0) is 13.1 Å². The van der Waals surface area contributed by atoms with E-state index in [1.807, 2.05) is 36.4 Å². The molecule has 1 aliphatic heterocycles. The number of hydrogen-bond acceptors (Lipinski definition) is 5. The summed E-state index contributed by atoms with van der Waals surface area (Å²) in [5.41, 5.74) is 2.94. The van der Waals surface area contributed by atoms with Crippen molar-refractivity contribution in [1.82, 2.24) is 4.90 Å². The summed E-state index contributed by atoms with van der Waals surface area (Å²) in [6.07, 6.45) is 0. The average molecular weight is 454 g/mol. The van der Waals surface area contributed by atoms with Gasteiger partial charge in [-0.1, -0.05) is 48.5 Å². The largest absolute Gasteiger partial charge is 0.488 e. The molecular weight excluding hydrogens is 434 g/mol. The predicted octanol–water partition coefficient (Wildman–Crippen LogP) is 3.07. The van der Waals surface area contributed by atoms with Crippen molar-refractivity contribution < 1.29 is 24.0 Å². The van der Waals surface area contributed by atoms with Crippen LogP contribution in [0.5, 0.6) is 0 Å². The third-order valence-electron chi connectivity index (χ3n) is 6.03. The van der Waals surface area contributed by atoms with Crippen molar-refractivity contribution in [3.05, 3.63) is 107 Å². The second-order valence-corrected chi connectivity index (χ2v) is 8.14. The Morgan fingerprint density at radius 2 is 1.59 bits per heavy atom. The van der Waals surface area contributed by atoms with E-state index in [0.717, 1.165) is 5.56 Å². The molecule has 4 aromatic carbocycles. The summed E-state index contributed by atoms with van der Waals surface area (Å²) in [5.74, 6) is -1.22. The zero-order valence-electron chi connectivity index (χ0n) is 18.0. The molecule has 0 aromatic heterocycles. The molecule has 6 nitrogen and oxygen atoms in total. The van der Waals surface area contributed by atoms with E-state index in [0.29, 0.717) is 33.2 Å². The van der Waals surface area contributed by atoms with Gasteiger partial charge in [0.1, 0.15) is 5.82 Å². The SMILES string of the molecule is O=C1c2cccc3c(NCc4cc(F)ccc4B(O)O)ccc(c23)C(=O)N1Cc1ccccc1. The van der Waals surface area contributed by atoms with Gasteiger partial charge < -0.3 is 15.4 Å². The van der Waals surface area contributed by atoms with Crippen LogP contribution >= 0.6 is 0 Å². The lowest BCUT2D eigenvalue weighted by atomic mass is 9.77. The number of carbonyl (C=O) groups is 2. The van der Waals surface area contributed by atoms with Gasteiger partial charge in [0, 0.05) is 34.1 Å². The fourth-order valence-corrected chi connectivity index (χ4v) is 4.38. The number of anilines is 1. The molecule has 1 heterocycles. The summed E-state index contributed by atoms with van der Waals surface area (Å²) in [4.78, 5) is 27.8. The van der Waals surface area contributed by atoms with E-state index in [9.17, 15) is 24.0 Å². The zero-order valence-corrected chi connectivity index (χ0v) is 18.0. The number of halogens is 1. The Labute approximate surface area is 195 Å². The number of nitrogens with zero attached hydrogens (tertiary/aromatic N) is 1. The number of imide groups is 1. The molecule has 5 rings (SSSR count). The van der Waals surface area contributed by atoms with Gasteiger partial charge >= 0.3 is 7.12 Å². The molecule has 0 fully saturated rings. The van der Waals surface area contributed by atoms with Crippen molar-refractivity contribution in [2.24, 2.45) is 0 Å². The van der Waals surface area contributed by atoms with Crippen LogP contribution < -0.4 is 10.8 Å². The van der Waals surface area contributed by atoms with Gasteiger partial charge in [-0.3, -0.25) is 14.5 Å². The third-order valence-corrected chi connectivity index (χ3v) is 6.03. The molecule has 1 aliphatic rings. The maximum atomic E-state index is 13.8. The first-order chi connectivity index (χ1) is 16.4. The molecule has 4 aromatic rings. The Kier molecular flexibility index (Phi) is 5.61. The van der Waals surface area contributed by atoms with Crippen LogP contribution in [0.4, 0.5) is 10.1 Å². The highest BCUT2D eigenvalue weighted by Gasteiger charge is 2.33. The predicted molar refractivity (Wildman–Crippen MR) is 128 cm³/mol. The molecule has 0 unspecified atom stereocenters. The minimum Gasteiger partial charge on any atom is -0.423 e. The number of carbonyl (C=O) groups excluding carboxylic acids is 2. The first-order valence-corrected chi connectivity index (χ1v) is 10.8. The maximum Gasteiger partial charge on any atom is 0.488 e. The van der Waals surface area contributed by atoms with Gasteiger partial charge in [0.2, 0.25) is 0 Å². The van der Waals surface area contributed by atoms with E-state index in [4.69, 9.17) is 0 Å². The Hall–Kier alpha value is -4.01. The van der Waals surface area contributed by atoms with E-state index < -0.39 is 12.9 Å².